The van der Waals surface area contributed by atoms with Crippen LogP contribution < -0.4 is 89.6 Å². The summed E-state index contributed by atoms with van der Waals surface area (Å²) in [5.74, 6) is 1.48. The van der Waals surface area contributed by atoms with Gasteiger partial charge < -0.3 is 74.0 Å². The SMILES string of the molecule is COc1cc(OC)c(OC)c([Si]([O-])(c2c(OC)c(OC)cc(OC)c2OC)c2c(OC)c(OC)cc(OC)c2OC)c1OC.[Cl-].[Mg+2]. The number of methoxy groups -OCH3 is 12. The van der Waals surface area contributed by atoms with Crippen LogP contribution in [0, 0.1) is 0 Å². The fraction of sp³-hybridized carbons (Fsp3) is 0.400. The van der Waals surface area contributed by atoms with Gasteiger partial charge in [-0.2, -0.15) is 0 Å². The second-order valence-electron chi connectivity index (χ2n) is 8.85. The maximum atomic E-state index is 16.9. The molecule has 46 heavy (non-hydrogen) atoms. The molecule has 0 unspecified atom stereocenters. The van der Waals surface area contributed by atoms with Gasteiger partial charge in [0.05, 0.1) is 93.6 Å². The standard InChI is InChI=1S/C30H39O13Si.ClH.Mg/c1-32-16-13-17(33-2)23(39-8)28(22(16)38-7)44(31,29-24(40-9)18(34-3)14-19(35-4)25(29)41-10)30-26(42-11)20(36-5)15-21(37-6)27(30)43-12;;/h13-15H,1-12H3;1H;/q-1;;+2/p-1. The molecule has 0 aliphatic rings. The van der Waals surface area contributed by atoms with Gasteiger partial charge >= 0.3 is 23.1 Å². The first-order valence-electron chi connectivity index (χ1n) is 13.0. The van der Waals surface area contributed by atoms with E-state index in [0.29, 0.717) is 0 Å². The summed E-state index contributed by atoms with van der Waals surface area (Å²) in [6, 6.07) is 4.66. The van der Waals surface area contributed by atoms with Crippen LogP contribution in [-0.4, -0.2) is 117 Å². The molecule has 0 atom stereocenters. The molecule has 0 spiro atoms. The first-order valence-corrected chi connectivity index (χ1v) is 14.9. The Labute approximate surface area is 292 Å². The fourth-order valence-electron chi connectivity index (χ4n) is 5.26. The molecule has 250 valence electrons. The predicted octanol–water partition coefficient (Wildman–Crippen LogP) is -2.26. The Bertz CT molecular complexity index is 1230. The van der Waals surface area contributed by atoms with Gasteiger partial charge in [0.15, 0.2) is 69.0 Å². The molecular formula is C30H39ClMgO13Si. The Morgan fingerprint density at radius 1 is 0.348 bits per heavy atom. The molecule has 0 fully saturated rings. The zero-order valence-corrected chi connectivity index (χ0v) is 31.3. The molecule has 0 aliphatic heterocycles. The van der Waals surface area contributed by atoms with E-state index < -0.39 is 8.32 Å². The minimum absolute atomic E-state index is 0. The third kappa shape index (κ3) is 6.51. The molecule has 0 amide bonds. The summed E-state index contributed by atoms with van der Waals surface area (Å²) in [7, 11) is 12.0. The average molecular weight is 695 g/mol. The van der Waals surface area contributed by atoms with Crippen molar-refractivity contribution >= 4 is 46.9 Å². The van der Waals surface area contributed by atoms with Crippen molar-refractivity contribution in [3.63, 3.8) is 0 Å². The van der Waals surface area contributed by atoms with Crippen molar-refractivity contribution in [3.8, 4) is 69.0 Å². The second kappa shape index (κ2) is 17.4. The number of halogens is 1. The molecule has 0 N–H and O–H groups in total. The van der Waals surface area contributed by atoms with Crippen molar-refractivity contribution < 1.29 is 74.0 Å². The van der Waals surface area contributed by atoms with Crippen molar-refractivity contribution in [1.82, 2.24) is 0 Å². The summed E-state index contributed by atoms with van der Waals surface area (Å²) < 4.78 is 69.6. The van der Waals surface area contributed by atoms with Crippen molar-refractivity contribution in [2.75, 3.05) is 85.3 Å². The molecule has 13 nitrogen and oxygen atoms in total. The zero-order valence-electron chi connectivity index (χ0n) is 28.1. The molecule has 0 bridgehead atoms. The van der Waals surface area contributed by atoms with Gasteiger partial charge in [0.25, 0.3) is 0 Å². The van der Waals surface area contributed by atoms with Gasteiger partial charge in [0, 0.05) is 33.8 Å². The van der Waals surface area contributed by atoms with Crippen LogP contribution in [0.1, 0.15) is 0 Å². The van der Waals surface area contributed by atoms with Crippen molar-refractivity contribution in [2.45, 2.75) is 0 Å². The quantitative estimate of drug-likeness (QED) is 0.125. The summed E-state index contributed by atoms with van der Waals surface area (Å²) in [5.41, 5.74) is 0. The molecule has 0 aromatic heterocycles. The second-order valence-corrected chi connectivity index (χ2v) is 11.7. The minimum Gasteiger partial charge on any atom is -1.00 e. The van der Waals surface area contributed by atoms with Gasteiger partial charge in [-0.15, -0.1) is 0 Å². The van der Waals surface area contributed by atoms with Crippen LogP contribution in [0.15, 0.2) is 18.2 Å². The summed E-state index contributed by atoms with van der Waals surface area (Å²) >= 11 is 0. The van der Waals surface area contributed by atoms with Crippen LogP contribution in [0.4, 0.5) is 0 Å². The maximum Gasteiger partial charge on any atom is 2.00 e. The van der Waals surface area contributed by atoms with E-state index in [9.17, 15) is 0 Å². The van der Waals surface area contributed by atoms with Crippen LogP contribution in [0.25, 0.3) is 0 Å². The smallest absolute Gasteiger partial charge is 1.00 e. The number of rotatable bonds is 15. The maximum absolute atomic E-state index is 16.9. The van der Waals surface area contributed by atoms with Crippen LogP contribution in [0.3, 0.4) is 0 Å². The van der Waals surface area contributed by atoms with Gasteiger partial charge in [-0.05, 0) is 0 Å². The van der Waals surface area contributed by atoms with Crippen LogP contribution in [0.5, 0.6) is 69.0 Å². The van der Waals surface area contributed by atoms with Crippen LogP contribution in [-0.2, 0) is 0 Å². The molecule has 0 aliphatic carbocycles. The molecule has 0 saturated carbocycles. The molecule has 3 rings (SSSR count). The topological polar surface area (TPSA) is 134 Å². The number of hydrogen-bond acceptors (Lipinski definition) is 13. The van der Waals surface area contributed by atoms with Gasteiger partial charge in [-0.25, -0.2) is 0 Å². The first-order chi connectivity index (χ1) is 21.2. The zero-order chi connectivity index (χ0) is 32.8. The molecule has 0 saturated heterocycles. The molecular weight excluding hydrogens is 656 g/mol. The van der Waals surface area contributed by atoms with E-state index in [1.807, 2.05) is 0 Å². The third-order valence-corrected chi connectivity index (χ3v) is 10.6. The normalized spacial score (nSPS) is 10.4. The van der Waals surface area contributed by atoms with E-state index in [0.717, 1.165) is 0 Å². The van der Waals surface area contributed by atoms with E-state index in [1.54, 1.807) is 18.2 Å². The van der Waals surface area contributed by atoms with Gasteiger partial charge in [-0.1, -0.05) is 0 Å². The summed E-state index contributed by atoms with van der Waals surface area (Å²) in [5, 5.41) is 0.0348. The Kier molecular flexibility index (Phi) is 15.3. The minimum atomic E-state index is -5.04. The van der Waals surface area contributed by atoms with Crippen LogP contribution in [0.2, 0.25) is 0 Å². The largest absolute Gasteiger partial charge is 2.00 e. The van der Waals surface area contributed by atoms with Crippen molar-refractivity contribution in [3.05, 3.63) is 18.2 Å². The van der Waals surface area contributed by atoms with Gasteiger partial charge in [0.2, 0.25) is 0 Å². The number of hydrogen-bond donors (Lipinski definition) is 0. The average Bonchev–Trinajstić information content (AvgIpc) is 3.07. The molecule has 3 aromatic rings. The van der Waals surface area contributed by atoms with E-state index in [2.05, 4.69) is 0 Å². The Morgan fingerprint density at radius 3 is 0.609 bits per heavy atom. The van der Waals surface area contributed by atoms with Crippen molar-refractivity contribution in [1.29, 1.82) is 0 Å². The van der Waals surface area contributed by atoms with Crippen LogP contribution >= 0.6 is 0 Å². The Balaban J connectivity index is 0.00000529. The van der Waals surface area contributed by atoms with Gasteiger partial charge in [0.1, 0.15) is 0 Å². The summed E-state index contributed by atoms with van der Waals surface area (Å²) in [4.78, 5) is 16.9. The van der Waals surface area contributed by atoms with E-state index in [-0.39, 0.29) is 120 Å². The first kappa shape index (κ1) is 40.5. The predicted molar refractivity (Wildman–Crippen MR) is 168 cm³/mol. The van der Waals surface area contributed by atoms with E-state index >= 15 is 4.80 Å². The molecule has 0 radical (unpaired) electrons. The van der Waals surface area contributed by atoms with E-state index in [1.165, 1.54) is 85.3 Å². The fourth-order valence-corrected chi connectivity index (χ4v) is 9.28. The summed E-state index contributed by atoms with van der Waals surface area (Å²) in [6.45, 7) is 0. The number of ether oxygens (including phenoxy) is 12. The Hall–Kier alpha value is -3.51. The molecule has 16 heteroatoms. The molecule has 3 aromatic carbocycles. The van der Waals surface area contributed by atoms with Gasteiger partial charge in [-0.3, -0.25) is 0 Å². The Morgan fingerprint density at radius 2 is 0.500 bits per heavy atom. The third-order valence-electron chi connectivity index (χ3n) is 7.09. The summed E-state index contributed by atoms with van der Waals surface area (Å²) in [6.07, 6.45) is 0. The molecule has 0 heterocycles. The van der Waals surface area contributed by atoms with E-state index in [4.69, 9.17) is 56.8 Å². The monoisotopic (exact) mass is 694 g/mol. The van der Waals surface area contributed by atoms with Crippen molar-refractivity contribution in [2.24, 2.45) is 0 Å². The number of benzene rings is 3.